The fourth-order valence-corrected chi connectivity index (χ4v) is 3.24. The highest BCUT2D eigenvalue weighted by Gasteiger charge is 2.16. The van der Waals surface area contributed by atoms with Gasteiger partial charge in [-0.05, 0) is 17.5 Å². The number of aromatic nitrogens is 1. The van der Waals surface area contributed by atoms with Gasteiger partial charge in [-0.3, -0.25) is 4.98 Å². The highest BCUT2D eigenvalue weighted by molar-refractivity contribution is 5.93. The first-order valence-electron chi connectivity index (χ1n) is 9.00. The molecule has 138 valence electrons. The Kier molecular flexibility index (Phi) is 5.02. The van der Waals surface area contributed by atoms with Gasteiger partial charge in [0.25, 0.3) is 0 Å². The molecular weight excluding hydrogens is 350 g/mol. The van der Waals surface area contributed by atoms with Gasteiger partial charge >= 0.3 is 5.97 Å². The van der Waals surface area contributed by atoms with E-state index in [9.17, 15) is 4.79 Å². The number of methoxy groups -OCH3 is 1. The number of esters is 1. The highest BCUT2D eigenvalue weighted by atomic mass is 16.5. The second-order valence-electron chi connectivity index (χ2n) is 6.32. The summed E-state index contributed by atoms with van der Waals surface area (Å²) in [7, 11) is 1.54. The van der Waals surface area contributed by atoms with Crippen LogP contribution in [-0.4, -0.2) is 18.1 Å². The van der Waals surface area contributed by atoms with Crippen molar-refractivity contribution in [2.75, 3.05) is 7.11 Å². The van der Waals surface area contributed by atoms with E-state index in [1.807, 2.05) is 66.9 Å². The maximum Gasteiger partial charge on any atom is 0.342 e. The molecule has 0 amide bonds. The lowest BCUT2D eigenvalue weighted by molar-refractivity contribution is 0.0471. The van der Waals surface area contributed by atoms with Crippen LogP contribution in [0.3, 0.4) is 0 Å². The second-order valence-corrected chi connectivity index (χ2v) is 6.32. The molecule has 0 atom stereocenters. The summed E-state index contributed by atoms with van der Waals surface area (Å²) in [4.78, 5) is 17.3. The van der Waals surface area contributed by atoms with E-state index in [1.54, 1.807) is 18.2 Å². The van der Waals surface area contributed by atoms with Crippen LogP contribution < -0.4 is 4.74 Å². The normalized spacial score (nSPS) is 10.6. The zero-order valence-electron chi connectivity index (χ0n) is 15.5. The second kappa shape index (κ2) is 7.92. The summed E-state index contributed by atoms with van der Waals surface area (Å²) in [6.07, 6.45) is 1.85. The van der Waals surface area contributed by atoms with Gasteiger partial charge in [-0.15, -0.1) is 0 Å². The molecule has 0 saturated heterocycles. The number of para-hydroxylation sites is 1. The number of carbonyl (C=O) groups is 1. The minimum atomic E-state index is -0.426. The topological polar surface area (TPSA) is 48.4 Å². The number of ether oxygens (including phenoxy) is 2. The molecule has 0 N–H and O–H groups in total. The van der Waals surface area contributed by atoms with Gasteiger partial charge in [0, 0.05) is 22.7 Å². The number of hydrogen-bond acceptors (Lipinski definition) is 4. The van der Waals surface area contributed by atoms with Gasteiger partial charge in [0.1, 0.15) is 17.9 Å². The third-order valence-corrected chi connectivity index (χ3v) is 4.63. The van der Waals surface area contributed by atoms with Crippen molar-refractivity contribution < 1.29 is 14.3 Å². The molecule has 28 heavy (non-hydrogen) atoms. The Hall–Kier alpha value is -3.66. The maximum atomic E-state index is 12.7. The quantitative estimate of drug-likeness (QED) is 0.450. The zero-order valence-corrected chi connectivity index (χ0v) is 15.5. The minimum Gasteiger partial charge on any atom is -0.496 e. The fraction of sp³-hybridized carbons (Fsp3) is 0.0833. The third kappa shape index (κ3) is 3.45. The summed E-state index contributed by atoms with van der Waals surface area (Å²) in [5.74, 6) is 0.0659. The lowest BCUT2D eigenvalue weighted by Gasteiger charge is -2.14. The Morgan fingerprint density at radius 3 is 2.43 bits per heavy atom. The molecule has 3 aromatic carbocycles. The molecule has 0 spiro atoms. The molecular formula is C24H19NO3. The van der Waals surface area contributed by atoms with Crippen LogP contribution in [0.2, 0.25) is 0 Å². The maximum absolute atomic E-state index is 12.7. The molecule has 0 radical (unpaired) electrons. The molecule has 4 aromatic rings. The average molecular weight is 369 g/mol. The summed E-state index contributed by atoms with van der Waals surface area (Å²) in [5.41, 5.74) is 3.08. The van der Waals surface area contributed by atoms with Gasteiger partial charge in [0.2, 0.25) is 0 Å². The molecule has 0 fully saturated rings. The van der Waals surface area contributed by atoms with E-state index in [-0.39, 0.29) is 6.61 Å². The number of fused-ring (bicyclic) bond motifs is 1. The Morgan fingerprint density at radius 1 is 0.893 bits per heavy atom. The number of nitrogens with zero attached hydrogens (tertiary/aromatic N) is 1. The molecule has 4 rings (SSSR count). The van der Waals surface area contributed by atoms with E-state index < -0.39 is 5.97 Å². The molecule has 0 aliphatic rings. The van der Waals surface area contributed by atoms with Gasteiger partial charge in [0.05, 0.1) is 12.8 Å². The predicted molar refractivity (Wildman–Crippen MR) is 109 cm³/mol. The molecule has 0 aliphatic heterocycles. The monoisotopic (exact) mass is 369 g/mol. The SMILES string of the molecule is COc1ccccc1C(=O)OCc1c(-c2ccccc2)ncc2ccccc12. The van der Waals surface area contributed by atoms with Crippen LogP contribution in [0, 0.1) is 0 Å². The van der Waals surface area contributed by atoms with Crippen LogP contribution in [0.15, 0.2) is 85.1 Å². The Balaban J connectivity index is 1.72. The van der Waals surface area contributed by atoms with E-state index in [0.29, 0.717) is 11.3 Å². The molecule has 0 unspecified atom stereocenters. The first kappa shape index (κ1) is 17.7. The largest absolute Gasteiger partial charge is 0.496 e. The Labute approximate surface area is 163 Å². The van der Waals surface area contributed by atoms with Crippen LogP contribution in [0.1, 0.15) is 15.9 Å². The highest BCUT2D eigenvalue weighted by Crippen LogP contribution is 2.29. The summed E-state index contributed by atoms with van der Waals surface area (Å²) in [6, 6.07) is 24.9. The van der Waals surface area contributed by atoms with E-state index in [4.69, 9.17) is 9.47 Å². The number of rotatable bonds is 5. The molecule has 0 saturated carbocycles. The molecule has 0 aliphatic carbocycles. The lowest BCUT2D eigenvalue weighted by Crippen LogP contribution is -2.08. The van der Waals surface area contributed by atoms with Crippen molar-refractivity contribution in [2.24, 2.45) is 0 Å². The number of carbonyl (C=O) groups excluding carboxylic acids is 1. The van der Waals surface area contributed by atoms with Crippen LogP contribution in [0.5, 0.6) is 5.75 Å². The van der Waals surface area contributed by atoms with Crippen molar-refractivity contribution in [1.29, 1.82) is 0 Å². The van der Waals surface area contributed by atoms with Crippen molar-refractivity contribution in [3.63, 3.8) is 0 Å². The van der Waals surface area contributed by atoms with Crippen molar-refractivity contribution in [3.8, 4) is 17.0 Å². The number of benzene rings is 3. The minimum absolute atomic E-state index is 0.120. The molecule has 4 nitrogen and oxygen atoms in total. The van der Waals surface area contributed by atoms with Crippen molar-refractivity contribution in [2.45, 2.75) is 6.61 Å². The van der Waals surface area contributed by atoms with E-state index in [0.717, 1.165) is 27.6 Å². The predicted octanol–water partition coefficient (Wildman–Crippen LogP) is 5.27. The van der Waals surface area contributed by atoms with Crippen LogP contribution in [0.4, 0.5) is 0 Å². The summed E-state index contributed by atoms with van der Waals surface area (Å²) >= 11 is 0. The molecule has 0 bridgehead atoms. The first-order chi connectivity index (χ1) is 13.8. The van der Waals surface area contributed by atoms with Gasteiger partial charge in [-0.25, -0.2) is 4.79 Å². The van der Waals surface area contributed by atoms with E-state index >= 15 is 0 Å². The third-order valence-electron chi connectivity index (χ3n) is 4.63. The van der Waals surface area contributed by atoms with Gasteiger partial charge in [0.15, 0.2) is 0 Å². The fourth-order valence-electron chi connectivity index (χ4n) is 3.24. The Morgan fingerprint density at radius 2 is 1.61 bits per heavy atom. The van der Waals surface area contributed by atoms with E-state index in [1.165, 1.54) is 7.11 Å². The van der Waals surface area contributed by atoms with Crippen LogP contribution in [0.25, 0.3) is 22.0 Å². The smallest absolute Gasteiger partial charge is 0.342 e. The molecule has 1 heterocycles. The van der Waals surface area contributed by atoms with Crippen LogP contribution >= 0.6 is 0 Å². The molecule has 4 heteroatoms. The first-order valence-corrected chi connectivity index (χ1v) is 9.00. The summed E-state index contributed by atoms with van der Waals surface area (Å²) in [6.45, 7) is 0.120. The average Bonchev–Trinajstić information content (AvgIpc) is 2.77. The summed E-state index contributed by atoms with van der Waals surface area (Å²) in [5, 5.41) is 2.02. The standard InChI is InChI=1S/C24H19NO3/c1-27-22-14-8-7-13-20(22)24(26)28-16-21-19-12-6-5-11-18(19)15-25-23(21)17-9-3-2-4-10-17/h2-15H,16H2,1H3. The molecule has 1 aromatic heterocycles. The van der Waals surface area contributed by atoms with Crippen molar-refractivity contribution in [3.05, 3.63) is 96.2 Å². The number of pyridine rings is 1. The number of hydrogen-bond donors (Lipinski definition) is 0. The summed E-state index contributed by atoms with van der Waals surface area (Å²) < 4.78 is 10.9. The van der Waals surface area contributed by atoms with Crippen LogP contribution in [-0.2, 0) is 11.3 Å². The van der Waals surface area contributed by atoms with Gasteiger partial charge < -0.3 is 9.47 Å². The van der Waals surface area contributed by atoms with E-state index in [2.05, 4.69) is 4.98 Å². The Bertz CT molecular complexity index is 1120. The van der Waals surface area contributed by atoms with Crippen molar-refractivity contribution >= 4 is 16.7 Å². The lowest BCUT2D eigenvalue weighted by atomic mass is 10.0. The van der Waals surface area contributed by atoms with Gasteiger partial charge in [-0.2, -0.15) is 0 Å². The zero-order chi connectivity index (χ0) is 19.3. The van der Waals surface area contributed by atoms with Gasteiger partial charge in [-0.1, -0.05) is 66.7 Å². The van der Waals surface area contributed by atoms with Crippen molar-refractivity contribution in [1.82, 2.24) is 4.98 Å².